The highest BCUT2D eigenvalue weighted by molar-refractivity contribution is 7.10. The van der Waals surface area contributed by atoms with Crippen LogP contribution in [0.25, 0.3) is 0 Å². The molecule has 0 bridgehead atoms. The Morgan fingerprint density at radius 1 is 1.00 bits per heavy atom. The van der Waals surface area contributed by atoms with E-state index in [1.807, 2.05) is 12.3 Å². The van der Waals surface area contributed by atoms with Gasteiger partial charge in [-0.3, -0.25) is 9.59 Å². The Morgan fingerprint density at radius 3 is 2.41 bits per heavy atom. The Labute approximate surface area is 205 Å². The van der Waals surface area contributed by atoms with Crippen LogP contribution in [-0.2, 0) is 27.4 Å². The number of amides is 2. The van der Waals surface area contributed by atoms with Crippen LogP contribution < -0.4 is 0 Å². The van der Waals surface area contributed by atoms with Crippen molar-refractivity contribution in [2.75, 3.05) is 19.7 Å². The van der Waals surface area contributed by atoms with Gasteiger partial charge in [0.15, 0.2) is 0 Å². The predicted molar refractivity (Wildman–Crippen MR) is 132 cm³/mol. The first-order valence-electron chi connectivity index (χ1n) is 12.4. The molecule has 1 aromatic carbocycles. The van der Waals surface area contributed by atoms with E-state index in [9.17, 15) is 14.0 Å². The minimum absolute atomic E-state index is 0.00503. The number of aryl methyl sites for hydroxylation is 1. The van der Waals surface area contributed by atoms with Crippen LogP contribution in [0.3, 0.4) is 0 Å². The Bertz CT molecular complexity index is 949. The zero-order valence-electron chi connectivity index (χ0n) is 20.0. The molecule has 2 aliphatic rings. The van der Waals surface area contributed by atoms with Crippen LogP contribution in [-0.4, -0.2) is 47.4 Å². The molecule has 1 aromatic heterocycles. The zero-order chi connectivity index (χ0) is 23.9. The van der Waals surface area contributed by atoms with Crippen LogP contribution in [0, 0.1) is 18.7 Å². The molecule has 184 valence electrons. The van der Waals surface area contributed by atoms with E-state index in [1.54, 1.807) is 33.3 Å². The van der Waals surface area contributed by atoms with Gasteiger partial charge in [-0.1, -0.05) is 31.4 Å². The summed E-state index contributed by atoms with van der Waals surface area (Å²) in [5.74, 6) is -0.276. The Balaban J connectivity index is 1.51. The molecule has 2 heterocycles. The normalized spacial score (nSPS) is 18.7. The third-order valence-electron chi connectivity index (χ3n) is 6.98. The highest BCUT2D eigenvalue weighted by atomic mass is 32.1. The van der Waals surface area contributed by atoms with Gasteiger partial charge in [-0.15, -0.1) is 11.3 Å². The van der Waals surface area contributed by atoms with E-state index in [1.165, 1.54) is 18.6 Å². The Kier molecular flexibility index (Phi) is 8.73. The molecule has 2 fully saturated rings. The number of ether oxygens (including phenoxy) is 1. The first-order valence-corrected chi connectivity index (χ1v) is 13.3. The van der Waals surface area contributed by atoms with E-state index in [0.29, 0.717) is 19.6 Å². The van der Waals surface area contributed by atoms with Gasteiger partial charge in [0.1, 0.15) is 5.82 Å². The molecule has 1 unspecified atom stereocenters. The monoisotopic (exact) mass is 486 g/mol. The molecule has 34 heavy (non-hydrogen) atoms. The minimum Gasteiger partial charge on any atom is -0.376 e. The fraction of sp³-hybridized carbons (Fsp3) is 0.556. The summed E-state index contributed by atoms with van der Waals surface area (Å²) in [6.07, 6.45) is 7.07. The van der Waals surface area contributed by atoms with Crippen LogP contribution in [0.15, 0.2) is 35.7 Å². The highest BCUT2D eigenvalue weighted by Crippen LogP contribution is 2.27. The van der Waals surface area contributed by atoms with Crippen molar-refractivity contribution in [3.8, 4) is 0 Å². The van der Waals surface area contributed by atoms with Crippen molar-refractivity contribution in [1.29, 1.82) is 0 Å². The molecule has 1 aliphatic heterocycles. The van der Waals surface area contributed by atoms with Gasteiger partial charge in [0.2, 0.25) is 11.8 Å². The maximum atomic E-state index is 13.6. The van der Waals surface area contributed by atoms with Gasteiger partial charge in [0.05, 0.1) is 19.2 Å². The average molecular weight is 487 g/mol. The minimum atomic E-state index is -0.295. The molecule has 1 aliphatic carbocycles. The number of nitrogens with zero attached hydrogens (tertiary/aromatic N) is 2. The van der Waals surface area contributed by atoms with Gasteiger partial charge in [0.25, 0.3) is 0 Å². The van der Waals surface area contributed by atoms with Crippen molar-refractivity contribution in [3.05, 3.63) is 57.5 Å². The van der Waals surface area contributed by atoms with E-state index >= 15 is 0 Å². The third-order valence-corrected chi connectivity index (χ3v) is 7.99. The van der Waals surface area contributed by atoms with Gasteiger partial charge in [0, 0.05) is 30.5 Å². The van der Waals surface area contributed by atoms with Crippen molar-refractivity contribution in [2.45, 2.75) is 71.1 Å². The van der Waals surface area contributed by atoms with E-state index in [0.717, 1.165) is 61.1 Å². The SMILES string of the molecule is Cc1ccsc1CN(Cc1ccc(F)cc1)C(=O)CN(CC1CCCO1)C(=O)C1CCCCC1. The van der Waals surface area contributed by atoms with Crippen molar-refractivity contribution in [1.82, 2.24) is 9.80 Å². The van der Waals surface area contributed by atoms with E-state index in [2.05, 4.69) is 6.07 Å². The molecule has 0 spiro atoms. The lowest BCUT2D eigenvalue weighted by Crippen LogP contribution is -2.47. The molecular weight excluding hydrogens is 451 g/mol. The molecule has 1 saturated carbocycles. The Morgan fingerprint density at radius 2 is 1.76 bits per heavy atom. The number of hydrogen-bond donors (Lipinski definition) is 0. The topological polar surface area (TPSA) is 49.9 Å². The molecule has 4 rings (SSSR count). The maximum absolute atomic E-state index is 13.6. The zero-order valence-corrected chi connectivity index (χ0v) is 20.8. The van der Waals surface area contributed by atoms with Crippen LogP contribution in [0.2, 0.25) is 0 Å². The highest BCUT2D eigenvalue weighted by Gasteiger charge is 2.31. The molecule has 1 atom stereocenters. The van der Waals surface area contributed by atoms with Crippen LogP contribution in [0.5, 0.6) is 0 Å². The van der Waals surface area contributed by atoms with Crippen LogP contribution in [0.1, 0.15) is 60.9 Å². The quantitative estimate of drug-likeness (QED) is 0.483. The van der Waals surface area contributed by atoms with E-state index in [-0.39, 0.29) is 36.2 Å². The third kappa shape index (κ3) is 6.66. The fourth-order valence-electron chi connectivity index (χ4n) is 4.92. The van der Waals surface area contributed by atoms with Crippen LogP contribution in [0.4, 0.5) is 4.39 Å². The lowest BCUT2D eigenvalue weighted by atomic mass is 9.88. The predicted octanol–water partition coefficient (Wildman–Crippen LogP) is 5.31. The Hall–Kier alpha value is -2.25. The van der Waals surface area contributed by atoms with Gasteiger partial charge in [-0.25, -0.2) is 4.39 Å². The second-order valence-electron chi connectivity index (χ2n) is 9.59. The number of halogens is 1. The summed E-state index contributed by atoms with van der Waals surface area (Å²) < 4.78 is 19.3. The van der Waals surface area contributed by atoms with Gasteiger partial charge in [-0.2, -0.15) is 0 Å². The summed E-state index contributed by atoms with van der Waals surface area (Å²) in [7, 11) is 0. The summed E-state index contributed by atoms with van der Waals surface area (Å²) in [5.41, 5.74) is 2.02. The molecule has 2 aromatic rings. The summed E-state index contributed by atoms with van der Waals surface area (Å²) in [6.45, 7) is 4.15. The number of thiophene rings is 1. The first kappa shape index (κ1) is 24.9. The van der Waals surface area contributed by atoms with Crippen molar-refractivity contribution in [2.24, 2.45) is 5.92 Å². The molecule has 5 nitrogen and oxygen atoms in total. The summed E-state index contributed by atoms with van der Waals surface area (Å²) in [4.78, 5) is 31.8. The number of carbonyl (C=O) groups is 2. The summed E-state index contributed by atoms with van der Waals surface area (Å²) >= 11 is 1.63. The second-order valence-corrected chi connectivity index (χ2v) is 10.6. The number of rotatable bonds is 9. The van der Waals surface area contributed by atoms with Crippen molar-refractivity contribution in [3.63, 3.8) is 0 Å². The first-order chi connectivity index (χ1) is 16.5. The smallest absolute Gasteiger partial charge is 0.242 e. The molecule has 7 heteroatoms. The van der Waals surface area contributed by atoms with E-state index in [4.69, 9.17) is 4.74 Å². The van der Waals surface area contributed by atoms with Gasteiger partial charge >= 0.3 is 0 Å². The maximum Gasteiger partial charge on any atom is 0.242 e. The fourth-order valence-corrected chi connectivity index (χ4v) is 5.84. The number of benzene rings is 1. The molecule has 1 saturated heterocycles. The van der Waals surface area contributed by atoms with Gasteiger partial charge in [-0.05, 0) is 67.3 Å². The lowest BCUT2D eigenvalue weighted by molar-refractivity contribution is -0.145. The van der Waals surface area contributed by atoms with Gasteiger partial charge < -0.3 is 14.5 Å². The summed E-state index contributed by atoms with van der Waals surface area (Å²) in [5, 5.41) is 2.03. The second kappa shape index (κ2) is 11.9. The van der Waals surface area contributed by atoms with Crippen molar-refractivity contribution < 1.29 is 18.7 Å². The summed E-state index contributed by atoms with van der Waals surface area (Å²) in [6, 6.07) is 8.33. The number of carbonyl (C=O) groups excluding carboxylic acids is 2. The standard InChI is InChI=1S/C27H35FN2O3S/c1-20-13-15-34-25(20)18-29(16-21-9-11-23(28)12-10-21)26(31)19-30(17-24-8-5-14-33-24)27(32)22-6-3-2-4-7-22/h9-13,15,22,24H,2-8,14,16-19H2,1H3. The lowest BCUT2D eigenvalue weighted by Gasteiger charge is -2.32. The van der Waals surface area contributed by atoms with Crippen molar-refractivity contribution >= 4 is 23.2 Å². The largest absolute Gasteiger partial charge is 0.376 e. The molecular formula is C27H35FN2O3S. The molecule has 0 radical (unpaired) electrons. The van der Waals surface area contributed by atoms with Crippen LogP contribution >= 0.6 is 11.3 Å². The average Bonchev–Trinajstić information content (AvgIpc) is 3.51. The molecule has 0 N–H and O–H groups in total. The van der Waals surface area contributed by atoms with E-state index < -0.39 is 0 Å². The molecule has 2 amide bonds. The number of hydrogen-bond acceptors (Lipinski definition) is 4.